The highest BCUT2D eigenvalue weighted by atomic mass is 32.2. The van der Waals surface area contributed by atoms with Crippen molar-refractivity contribution in [1.29, 1.82) is 0 Å². The zero-order valence-corrected chi connectivity index (χ0v) is 13.5. The van der Waals surface area contributed by atoms with E-state index in [4.69, 9.17) is 0 Å². The van der Waals surface area contributed by atoms with Gasteiger partial charge in [0.1, 0.15) is 0 Å². The molecule has 1 aliphatic carbocycles. The van der Waals surface area contributed by atoms with Crippen LogP contribution in [0.2, 0.25) is 0 Å². The number of hydrogen-bond donors (Lipinski definition) is 0. The molecule has 0 bridgehead atoms. The third-order valence-corrected chi connectivity index (χ3v) is 5.64. The summed E-state index contributed by atoms with van der Waals surface area (Å²) in [6, 6.07) is 8.43. The average molecular weight is 296 g/mol. The minimum atomic E-state index is -3.33. The summed E-state index contributed by atoms with van der Waals surface area (Å²) < 4.78 is 27.6. The minimum absolute atomic E-state index is 0.173. The Morgan fingerprint density at radius 2 is 1.70 bits per heavy atom. The summed E-state index contributed by atoms with van der Waals surface area (Å²) >= 11 is 0. The van der Waals surface area contributed by atoms with Crippen molar-refractivity contribution in [2.45, 2.75) is 45.2 Å². The topological polar surface area (TPSA) is 40.6 Å². The van der Waals surface area contributed by atoms with Gasteiger partial charge in [0.25, 0.3) is 10.2 Å². The van der Waals surface area contributed by atoms with E-state index in [1.165, 1.54) is 9.87 Å². The van der Waals surface area contributed by atoms with Crippen molar-refractivity contribution in [1.82, 2.24) is 8.61 Å². The first-order chi connectivity index (χ1) is 9.32. The van der Waals surface area contributed by atoms with Gasteiger partial charge >= 0.3 is 0 Å². The molecule has 20 heavy (non-hydrogen) atoms. The Hall–Kier alpha value is -0.910. The Labute approximate surface area is 122 Å². The summed E-state index contributed by atoms with van der Waals surface area (Å²) in [5.41, 5.74) is 2.33. The van der Waals surface area contributed by atoms with Crippen molar-refractivity contribution in [3.8, 4) is 0 Å². The van der Waals surface area contributed by atoms with Crippen LogP contribution >= 0.6 is 0 Å². The first-order valence-corrected chi connectivity index (χ1v) is 8.50. The molecule has 0 saturated heterocycles. The Bertz CT molecular complexity index is 546. The summed E-state index contributed by atoms with van der Waals surface area (Å²) in [5.74, 6) is 0.495. The van der Waals surface area contributed by atoms with E-state index < -0.39 is 10.2 Å². The molecule has 0 aliphatic heterocycles. The van der Waals surface area contributed by atoms with Crippen LogP contribution in [0, 0.1) is 0 Å². The fourth-order valence-corrected chi connectivity index (χ4v) is 3.48. The van der Waals surface area contributed by atoms with Crippen molar-refractivity contribution >= 4 is 10.2 Å². The molecule has 0 heterocycles. The Morgan fingerprint density at radius 1 is 1.15 bits per heavy atom. The van der Waals surface area contributed by atoms with E-state index in [0.29, 0.717) is 12.5 Å². The van der Waals surface area contributed by atoms with Gasteiger partial charge in [-0.15, -0.1) is 0 Å². The predicted molar refractivity (Wildman–Crippen MR) is 81.7 cm³/mol. The van der Waals surface area contributed by atoms with Crippen molar-refractivity contribution < 1.29 is 8.42 Å². The smallest absolute Gasteiger partial charge is 0.195 e. The highest BCUT2D eigenvalue weighted by Gasteiger charge is 2.38. The fourth-order valence-electron chi connectivity index (χ4n) is 2.16. The van der Waals surface area contributed by atoms with E-state index in [9.17, 15) is 8.42 Å². The second kappa shape index (κ2) is 5.84. The molecule has 0 radical (unpaired) electrons. The highest BCUT2D eigenvalue weighted by molar-refractivity contribution is 7.86. The van der Waals surface area contributed by atoms with Gasteiger partial charge in [-0.2, -0.15) is 17.0 Å². The van der Waals surface area contributed by atoms with Crippen LogP contribution in [0.3, 0.4) is 0 Å². The van der Waals surface area contributed by atoms with Gasteiger partial charge in [-0.1, -0.05) is 38.1 Å². The van der Waals surface area contributed by atoms with Crippen LogP contribution < -0.4 is 0 Å². The third-order valence-electron chi connectivity index (χ3n) is 3.70. The SMILES string of the molecule is CC(C)c1ccc(CN(C2CC2)S(=O)(=O)N(C)C)cc1. The van der Waals surface area contributed by atoms with Crippen LogP contribution in [0.25, 0.3) is 0 Å². The molecule has 4 nitrogen and oxygen atoms in total. The molecular formula is C15H24N2O2S. The molecular weight excluding hydrogens is 272 g/mol. The standard InChI is InChI=1S/C15H24N2O2S/c1-12(2)14-7-5-13(6-8-14)11-17(15-9-10-15)20(18,19)16(3)4/h5-8,12,15H,9-11H2,1-4H3. The number of benzene rings is 1. The van der Waals surface area contributed by atoms with Gasteiger partial charge < -0.3 is 0 Å². The fraction of sp³-hybridized carbons (Fsp3) is 0.600. The van der Waals surface area contributed by atoms with Crippen LogP contribution in [0.1, 0.15) is 43.7 Å². The van der Waals surface area contributed by atoms with Crippen molar-refractivity contribution in [3.63, 3.8) is 0 Å². The molecule has 1 saturated carbocycles. The maximum atomic E-state index is 12.3. The summed E-state index contributed by atoms with van der Waals surface area (Å²) in [5, 5.41) is 0. The molecule has 1 aromatic rings. The molecule has 0 unspecified atom stereocenters. The van der Waals surface area contributed by atoms with E-state index in [2.05, 4.69) is 26.0 Å². The zero-order chi connectivity index (χ0) is 14.9. The minimum Gasteiger partial charge on any atom is -0.195 e. The summed E-state index contributed by atoms with van der Waals surface area (Å²) in [7, 11) is -0.154. The molecule has 0 atom stereocenters. The van der Waals surface area contributed by atoms with Gasteiger partial charge in [-0.05, 0) is 29.9 Å². The quantitative estimate of drug-likeness (QED) is 0.809. The van der Waals surface area contributed by atoms with Crippen LogP contribution in [-0.4, -0.2) is 37.2 Å². The summed E-state index contributed by atoms with van der Waals surface area (Å²) in [6.45, 7) is 4.77. The van der Waals surface area contributed by atoms with Gasteiger partial charge in [0, 0.05) is 26.7 Å². The predicted octanol–water partition coefficient (Wildman–Crippen LogP) is 2.58. The lowest BCUT2D eigenvalue weighted by molar-refractivity contribution is 0.363. The van der Waals surface area contributed by atoms with Gasteiger partial charge in [0.15, 0.2) is 0 Å². The lowest BCUT2D eigenvalue weighted by Gasteiger charge is -2.25. The van der Waals surface area contributed by atoms with Gasteiger partial charge in [0.05, 0.1) is 0 Å². The molecule has 0 N–H and O–H groups in total. The molecule has 1 aromatic carbocycles. The maximum Gasteiger partial charge on any atom is 0.282 e. The molecule has 2 rings (SSSR count). The van der Waals surface area contributed by atoms with Gasteiger partial charge in [-0.3, -0.25) is 0 Å². The van der Waals surface area contributed by atoms with Crippen LogP contribution in [0.15, 0.2) is 24.3 Å². The molecule has 5 heteroatoms. The van der Waals surface area contributed by atoms with E-state index in [1.54, 1.807) is 18.4 Å². The largest absolute Gasteiger partial charge is 0.282 e. The van der Waals surface area contributed by atoms with Crippen molar-refractivity contribution in [3.05, 3.63) is 35.4 Å². The summed E-state index contributed by atoms with van der Waals surface area (Å²) in [4.78, 5) is 0. The second-order valence-corrected chi connectivity index (χ2v) is 8.06. The van der Waals surface area contributed by atoms with Crippen LogP contribution in [0.5, 0.6) is 0 Å². The average Bonchev–Trinajstić information content (AvgIpc) is 3.20. The van der Waals surface area contributed by atoms with E-state index in [0.717, 1.165) is 18.4 Å². The summed E-state index contributed by atoms with van der Waals surface area (Å²) in [6.07, 6.45) is 1.94. The van der Waals surface area contributed by atoms with Crippen LogP contribution in [0.4, 0.5) is 0 Å². The molecule has 1 aliphatic rings. The van der Waals surface area contributed by atoms with E-state index in [-0.39, 0.29) is 6.04 Å². The molecule has 1 fully saturated rings. The zero-order valence-electron chi connectivity index (χ0n) is 12.7. The van der Waals surface area contributed by atoms with Gasteiger partial charge in [0.2, 0.25) is 0 Å². The van der Waals surface area contributed by atoms with E-state index >= 15 is 0 Å². The second-order valence-electron chi connectivity index (χ2n) is 5.96. The maximum absolute atomic E-state index is 12.3. The monoisotopic (exact) mass is 296 g/mol. The lowest BCUT2D eigenvalue weighted by atomic mass is 10.0. The molecule has 0 aromatic heterocycles. The Morgan fingerprint density at radius 3 is 2.10 bits per heavy atom. The number of hydrogen-bond acceptors (Lipinski definition) is 2. The van der Waals surface area contributed by atoms with Crippen LogP contribution in [-0.2, 0) is 16.8 Å². The molecule has 0 amide bonds. The van der Waals surface area contributed by atoms with Gasteiger partial charge in [-0.25, -0.2) is 0 Å². The highest BCUT2D eigenvalue weighted by Crippen LogP contribution is 2.31. The molecule has 0 spiro atoms. The molecule has 112 valence electrons. The first kappa shape index (κ1) is 15.5. The van der Waals surface area contributed by atoms with Crippen molar-refractivity contribution in [2.75, 3.05) is 14.1 Å². The normalized spacial score (nSPS) is 16.4. The Kier molecular flexibility index (Phi) is 4.52. The number of rotatable bonds is 6. The third kappa shape index (κ3) is 3.40. The lowest BCUT2D eigenvalue weighted by Crippen LogP contribution is -2.40. The Balaban J connectivity index is 2.17. The van der Waals surface area contributed by atoms with Crippen molar-refractivity contribution in [2.24, 2.45) is 0 Å². The van der Waals surface area contributed by atoms with E-state index in [1.807, 2.05) is 12.1 Å². The first-order valence-electron chi connectivity index (χ1n) is 7.10. The number of nitrogens with zero attached hydrogens (tertiary/aromatic N) is 2.